The standard InChI is InChI=1S/C11H15N5O2/c17-11-15-14-9-5-10(13-7-16(9)11)18-6-8-1-3-12-4-2-8/h5,7-8,12H,1-4,6H2,(H,15,17). The zero-order valence-corrected chi connectivity index (χ0v) is 9.93. The molecular formula is C11H15N5O2. The van der Waals surface area contributed by atoms with Crippen LogP contribution in [-0.4, -0.2) is 39.3 Å². The number of aromatic nitrogens is 4. The van der Waals surface area contributed by atoms with Gasteiger partial charge in [-0.2, -0.15) is 5.10 Å². The molecule has 2 aromatic rings. The summed E-state index contributed by atoms with van der Waals surface area (Å²) in [4.78, 5) is 15.3. The number of ether oxygens (including phenoxy) is 1. The fourth-order valence-electron chi connectivity index (χ4n) is 2.12. The molecule has 0 unspecified atom stereocenters. The Bertz CT molecular complexity index is 584. The highest BCUT2D eigenvalue weighted by molar-refractivity contribution is 5.38. The summed E-state index contributed by atoms with van der Waals surface area (Å²) in [6, 6.07) is 1.67. The molecule has 3 heterocycles. The van der Waals surface area contributed by atoms with Gasteiger partial charge in [0.25, 0.3) is 0 Å². The third-order valence-electron chi connectivity index (χ3n) is 3.21. The smallest absolute Gasteiger partial charge is 0.348 e. The molecule has 7 heteroatoms. The molecule has 0 radical (unpaired) electrons. The third-order valence-corrected chi connectivity index (χ3v) is 3.21. The fraction of sp³-hybridized carbons (Fsp3) is 0.545. The van der Waals surface area contributed by atoms with Gasteiger partial charge in [0.15, 0.2) is 5.65 Å². The molecule has 7 nitrogen and oxygen atoms in total. The molecule has 96 valence electrons. The van der Waals surface area contributed by atoms with Crippen molar-refractivity contribution in [3.63, 3.8) is 0 Å². The van der Waals surface area contributed by atoms with Crippen LogP contribution >= 0.6 is 0 Å². The molecule has 0 spiro atoms. The average Bonchev–Trinajstić information content (AvgIpc) is 2.79. The Balaban J connectivity index is 1.68. The average molecular weight is 249 g/mol. The van der Waals surface area contributed by atoms with Crippen molar-refractivity contribution in [1.29, 1.82) is 0 Å². The van der Waals surface area contributed by atoms with Crippen LogP contribution in [0.4, 0.5) is 0 Å². The van der Waals surface area contributed by atoms with Gasteiger partial charge in [0.1, 0.15) is 6.33 Å². The summed E-state index contributed by atoms with van der Waals surface area (Å²) in [5.74, 6) is 1.09. The second-order valence-corrected chi connectivity index (χ2v) is 4.49. The lowest BCUT2D eigenvalue weighted by Gasteiger charge is -2.22. The zero-order chi connectivity index (χ0) is 12.4. The SMILES string of the molecule is O=c1[nH]nc2cc(OCC3CCNCC3)ncn12. The van der Waals surface area contributed by atoms with Crippen molar-refractivity contribution in [2.45, 2.75) is 12.8 Å². The lowest BCUT2D eigenvalue weighted by Crippen LogP contribution is -2.30. The minimum absolute atomic E-state index is 0.289. The van der Waals surface area contributed by atoms with Gasteiger partial charge in [-0.1, -0.05) is 0 Å². The summed E-state index contributed by atoms with van der Waals surface area (Å²) in [6.07, 6.45) is 3.69. The fourth-order valence-corrected chi connectivity index (χ4v) is 2.12. The van der Waals surface area contributed by atoms with Gasteiger partial charge in [-0.15, -0.1) is 0 Å². The molecule has 18 heavy (non-hydrogen) atoms. The summed E-state index contributed by atoms with van der Waals surface area (Å²) < 4.78 is 7.00. The van der Waals surface area contributed by atoms with Crippen molar-refractivity contribution in [3.05, 3.63) is 22.9 Å². The Morgan fingerprint density at radius 2 is 2.28 bits per heavy atom. The largest absolute Gasteiger partial charge is 0.477 e. The second-order valence-electron chi connectivity index (χ2n) is 4.49. The highest BCUT2D eigenvalue weighted by atomic mass is 16.5. The van der Waals surface area contributed by atoms with Crippen LogP contribution in [0.3, 0.4) is 0 Å². The number of nitrogens with zero attached hydrogens (tertiary/aromatic N) is 3. The number of rotatable bonds is 3. The predicted octanol–water partition coefficient (Wildman–Crippen LogP) is -0.204. The number of hydrogen-bond acceptors (Lipinski definition) is 5. The second kappa shape index (κ2) is 4.77. The van der Waals surface area contributed by atoms with Crippen LogP contribution in [-0.2, 0) is 0 Å². The predicted molar refractivity (Wildman–Crippen MR) is 64.7 cm³/mol. The molecule has 2 aromatic heterocycles. The van der Waals surface area contributed by atoms with E-state index in [1.54, 1.807) is 6.07 Å². The lowest BCUT2D eigenvalue weighted by atomic mass is 9.99. The molecule has 1 saturated heterocycles. The molecule has 0 aromatic carbocycles. The van der Waals surface area contributed by atoms with Gasteiger partial charge in [0.05, 0.1) is 6.61 Å². The van der Waals surface area contributed by atoms with E-state index >= 15 is 0 Å². The number of nitrogens with one attached hydrogen (secondary N) is 2. The molecule has 0 aliphatic carbocycles. The number of fused-ring (bicyclic) bond motifs is 1. The molecule has 3 rings (SSSR count). The van der Waals surface area contributed by atoms with Gasteiger partial charge in [-0.25, -0.2) is 19.3 Å². The number of piperidine rings is 1. The number of aromatic amines is 1. The molecule has 0 amide bonds. The molecule has 1 aliphatic rings. The van der Waals surface area contributed by atoms with E-state index in [2.05, 4.69) is 20.5 Å². The van der Waals surface area contributed by atoms with Gasteiger partial charge in [-0.05, 0) is 31.8 Å². The van der Waals surface area contributed by atoms with Crippen molar-refractivity contribution >= 4 is 5.65 Å². The number of hydrogen-bond donors (Lipinski definition) is 2. The van der Waals surface area contributed by atoms with E-state index < -0.39 is 0 Å². The Labute approximate surface area is 103 Å². The normalized spacial score (nSPS) is 17.1. The summed E-state index contributed by atoms with van der Waals surface area (Å²) in [5.41, 5.74) is 0.234. The van der Waals surface area contributed by atoms with E-state index in [9.17, 15) is 4.79 Å². The first kappa shape index (κ1) is 11.2. The maximum atomic E-state index is 11.3. The van der Waals surface area contributed by atoms with Crippen LogP contribution in [0.15, 0.2) is 17.2 Å². The van der Waals surface area contributed by atoms with Crippen LogP contribution < -0.4 is 15.7 Å². The van der Waals surface area contributed by atoms with Crippen LogP contribution in [0, 0.1) is 5.92 Å². The number of H-pyrrole nitrogens is 1. The van der Waals surface area contributed by atoms with E-state index in [1.807, 2.05) is 0 Å². The van der Waals surface area contributed by atoms with Gasteiger partial charge in [0, 0.05) is 6.07 Å². The van der Waals surface area contributed by atoms with Crippen LogP contribution in [0.1, 0.15) is 12.8 Å². The van der Waals surface area contributed by atoms with Crippen molar-refractivity contribution < 1.29 is 4.74 Å². The van der Waals surface area contributed by atoms with Crippen LogP contribution in [0.25, 0.3) is 5.65 Å². The van der Waals surface area contributed by atoms with E-state index in [0.717, 1.165) is 25.9 Å². The first-order valence-electron chi connectivity index (χ1n) is 6.09. The Morgan fingerprint density at radius 3 is 3.11 bits per heavy atom. The summed E-state index contributed by atoms with van der Waals surface area (Å²) in [7, 11) is 0. The van der Waals surface area contributed by atoms with Crippen LogP contribution in [0.5, 0.6) is 5.88 Å². The van der Waals surface area contributed by atoms with Gasteiger partial charge >= 0.3 is 5.69 Å². The first-order valence-corrected chi connectivity index (χ1v) is 6.09. The van der Waals surface area contributed by atoms with Crippen molar-refractivity contribution in [1.82, 2.24) is 24.9 Å². The first-order chi connectivity index (χ1) is 8.83. The molecule has 1 aliphatic heterocycles. The third kappa shape index (κ3) is 2.21. The topological polar surface area (TPSA) is 84.3 Å². The van der Waals surface area contributed by atoms with E-state index in [1.165, 1.54) is 10.7 Å². The summed E-state index contributed by atoms with van der Waals surface area (Å²) in [6.45, 7) is 2.77. The summed E-state index contributed by atoms with van der Waals surface area (Å²) >= 11 is 0. The molecule has 1 fully saturated rings. The maximum absolute atomic E-state index is 11.3. The van der Waals surface area contributed by atoms with E-state index in [-0.39, 0.29) is 5.69 Å². The monoisotopic (exact) mass is 249 g/mol. The molecule has 0 bridgehead atoms. The van der Waals surface area contributed by atoms with Crippen molar-refractivity contribution in [3.8, 4) is 5.88 Å². The van der Waals surface area contributed by atoms with Gasteiger partial charge in [0.2, 0.25) is 5.88 Å². The van der Waals surface area contributed by atoms with E-state index in [0.29, 0.717) is 24.1 Å². The van der Waals surface area contributed by atoms with E-state index in [4.69, 9.17) is 4.74 Å². The Morgan fingerprint density at radius 1 is 1.44 bits per heavy atom. The van der Waals surface area contributed by atoms with Gasteiger partial charge < -0.3 is 10.1 Å². The molecule has 2 N–H and O–H groups in total. The quantitative estimate of drug-likeness (QED) is 0.786. The summed E-state index contributed by atoms with van der Waals surface area (Å²) in [5, 5.41) is 9.55. The highest BCUT2D eigenvalue weighted by Crippen LogP contribution is 2.14. The zero-order valence-electron chi connectivity index (χ0n) is 9.93. The molecular weight excluding hydrogens is 234 g/mol. The molecule has 0 atom stereocenters. The minimum Gasteiger partial charge on any atom is -0.477 e. The van der Waals surface area contributed by atoms with Gasteiger partial charge in [-0.3, -0.25) is 0 Å². The van der Waals surface area contributed by atoms with Crippen molar-refractivity contribution in [2.24, 2.45) is 5.92 Å². The molecule has 0 saturated carbocycles. The van der Waals surface area contributed by atoms with Crippen LogP contribution in [0.2, 0.25) is 0 Å². The van der Waals surface area contributed by atoms with Crippen molar-refractivity contribution in [2.75, 3.05) is 19.7 Å². The Kier molecular flexibility index (Phi) is 2.97. The minimum atomic E-state index is -0.289. The lowest BCUT2D eigenvalue weighted by molar-refractivity contribution is 0.209. The maximum Gasteiger partial charge on any atom is 0.348 e. The Hall–Kier alpha value is -1.89. The highest BCUT2D eigenvalue weighted by Gasteiger charge is 2.14.